The summed E-state index contributed by atoms with van der Waals surface area (Å²) in [6, 6.07) is 7.94. The third kappa shape index (κ3) is 2.41. The number of anilines is 1. The predicted octanol–water partition coefficient (Wildman–Crippen LogP) is 2.69. The molecule has 0 saturated heterocycles. The summed E-state index contributed by atoms with van der Waals surface area (Å²) >= 11 is 0. The van der Waals surface area contributed by atoms with E-state index in [-0.39, 0.29) is 5.92 Å². The molecule has 1 heterocycles. The van der Waals surface area contributed by atoms with E-state index in [1.165, 1.54) is 0 Å². The van der Waals surface area contributed by atoms with E-state index >= 15 is 0 Å². The molecule has 1 unspecified atom stereocenters. The Kier molecular flexibility index (Phi) is 3.32. The fourth-order valence-corrected chi connectivity index (χ4v) is 1.86. The van der Waals surface area contributed by atoms with Crippen molar-refractivity contribution in [3.05, 3.63) is 30.5 Å². The molecule has 0 spiro atoms. The molecule has 0 aliphatic rings. The number of para-hydroxylation sites is 1. The molecular weight excluding hydrogens is 216 g/mol. The Morgan fingerprint density at radius 3 is 2.94 bits per heavy atom. The van der Waals surface area contributed by atoms with Crippen LogP contribution < -0.4 is 5.32 Å². The number of fused-ring (bicyclic) bond motifs is 1. The summed E-state index contributed by atoms with van der Waals surface area (Å²) in [6.07, 6.45) is 2.50. The van der Waals surface area contributed by atoms with Gasteiger partial charge in [-0.05, 0) is 12.5 Å². The van der Waals surface area contributed by atoms with Crippen LogP contribution in [0.15, 0.2) is 30.5 Å². The van der Waals surface area contributed by atoms with Gasteiger partial charge in [-0.25, -0.2) is 0 Å². The van der Waals surface area contributed by atoms with Gasteiger partial charge in [0.05, 0.1) is 11.6 Å². The molecule has 2 aromatic rings. The van der Waals surface area contributed by atoms with Crippen molar-refractivity contribution in [1.29, 1.82) is 0 Å². The number of benzene rings is 1. The second kappa shape index (κ2) is 4.91. The van der Waals surface area contributed by atoms with Crippen LogP contribution >= 0.6 is 0 Å². The van der Waals surface area contributed by atoms with Gasteiger partial charge in [0.15, 0.2) is 0 Å². The minimum absolute atomic E-state index is 0.344. The minimum Gasteiger partial charge on any atom is -0.481 e. The lowest BCUT2D eigenvalue weighted by atomic mass is 10.1. The molecule has 0 bridgehead atoms. The van der Waals surface area contributed by atoms with E-state index in [0.29, 0.717) is 13.0 Å². The first kappa shape index (κ1) is 11.5. The quantitative estimate of drug-likeness (QED) is 0.742. The van der Waals surface area contributed by atoms with Crippen molar-refractivity contribution in [2.75, 3.05) is 11.9 Å². The van der Waals surface area contributed by atoms with E-state index in [0.717, 1.165) is 16.6 Å². The van der Waals surface area contributed by atoms with Gasteiger partial charge in [-0.1, -0.05) is 25.1 Å². The number of hydrogen-bond acceptors (Lipinski definition) is 2. The van der Waals surface area contributed by atoms with Gasteiger partial charge in [0, 0.05) is 23.6 Å². The predicted molar refractivity (Wildman–Crippen MR) is 68.2 cm³/mol. The largest absolute Gasteiger partial charge is 0.481 e. The van der Waals surface area contributed by atoms with Crippen LogP contribution in [-0.4, -0.2) is 22.6 Å². The van der Waals surface area contributed by atoms with Crippen LogP contribution in [-0.2, 0) is 4.79 Å². The molecule has 1 aromatic carbocycles. The van der Waals surface area contributed by atoms with Gasteiger partial charge in [0.1, 0.15) is 0 Å². The van der Waals surface area contributed by atoms with Crippen molar-refractivity contribution < 1.29 is 9.90 Å². The van der Waals surface area contributed by atoms with Crippen molar-refractivity contribution in [3.63, 3.8) is 0 Å². The number of aliphatic carboxylic acids is 1. The highest BCUT2D eigenvalue weighted by Gasteiger charge is 2.14. The van der Waals surface area contributed by atoms with E-state index in [9.17, 15) is 4.79 Å². The molecular formula is C13H16N2O2. The maximum atomic E-state index is 10.9. The summed E-state index contributed by atoms with van der Waals surface area (Å²) in [5, 5.41) is 13.2. The lowest BCUT2D eigenvalue weighted by molar-refractivity contribution is -0.141. The summed E-state index contributed by atoms with van der Waals surface area (Å²) in [4.78, 5) is 14.1. The van der Waals surface area contributed by atoms with E-state index < -0.39 is 5.97 Å². The third-order valence-corrected chi connectivity index (χ3v) is 2.97. The molecule has 0 aliphatic carbocycles. The fraction of sp³-hybridized carbons (Fsp3) is 0.308. The molecule has 0 radical (unpaired) electrons. The van der Waals surface area contributed by atoms with Gasteiger partial charge in [0.2, 0.25) is 0 Å². The van der Waals surface area contributed by atoms with Crippen LogP contribution in [0.3, 0.4) is 0 Å². The minimum atomic E-state index is -0.750. The first-order valence-electron chi connectivity index (χ1n) is 5.75. The van der Waals surface area contributed by atoms with Gasteiger partial charge in [0.25, 0.3) is 0 Å². The van der Waals surface area contributed by atoms with Crippen LogP contribution in [0.5, 0.6) is 0 Å². The number of nitrogens with one attached hydrogen (secondary N) is 2. The summed E-state index contributed by atoms with van der Waals surface area (Å²) in [5.41, 5.74) is 2.01. The number of carboxylic acids is 1. The molecule has 3 N–H and O–H groups in total. The van der Waals surface area contributed by atoms with Crippen molar-refractivity contribution in [2.24, 2.45) is 5.92 Å². The topological polar surface area (TPSA) is 65.1 Å². The Hall–Kier alpha value is -1.97. The molecule has 1 aromatic heterocycles. The standard InChI is InChI=1S/C13H16N2O2/c1-2-9(13(16)17)7-14-12-8-15-11-6-4-3-5-10(11)12/h3-6,8-9,14-15H,2,7H2,1H3,(H,16,17). The van der Waals surface area contributed by atoms with E-state index in [1.807, 2.05) is 37.4 Å². The second-order valence-corrected chi connectivity index (χ2v) is 4.07. The zero-order chi connectivity index (χ0) is 12.3. The maximum absolute atomic E-state index is 10.9. The SMILES string of the molecule is CCC(CNc1c[nH]c2ccccc12)C(=O)O. The Balaban J connectivity index is 2.11. The van der Waals surface area contributed by atoms with Crippen molar-refractivity contribution in [3.8, 4) is 0 Å². The first-order valence-corrected chi connectivity index (χ1v) is 5.75. The number of carboxylic acid groups (broad SMARTS) is 1. The monoisotopic (exact) mass is 232 g/mol. The summed E-state index contributed by atoms with van der Waals surface area (Å²) in [6.45, 7) is 2.34. The average Bonchev–Trinajstić information content (AvgIpc) is 2.73. The van der Waals surface area contributed by atoms with E-state index in [1.54, 1.807) is 0 Å². The molecule has 1 atom stereocenters. The Labute approximate surface area is 99.7 Å². The number of aromatic amines is 1. The third-order valence-electron chi connectivity index (χ3n) is 2.97. The smallest absolute Gasteiger partial charge is 0.308 e. The number of aromatic nitrogens is 1. The Morgan fingerprint density at radius 1 is 1.47 bits per heavy atom. The molecule has 4 heteroatoms. The van der Waals surface area contributed by atoms with E-state index in [2.05, 4.69) is 10.3 Å². The highest BCUT2D eigenvalue weighted by molar-refractivity contribution is 5.92. The number of hydrogen-bond donors (Lipinski definition) is 3. The highest BCUT2D eigenvalue weighted by Crippen LogP contribution is 2.22. The lowest BCUT2D eigenvalue weighted by Gasteiger charge is -2.11. The van der Waals surface area contributed by atoms with Gasteiger partial charge in [-0.15, -0.1) is 0 Å². The number of H-pyrrole nitrogens is 1. The Bertz CT molecular complexity index is 519. The lowest BCUT2D eigenvalue weighted by Crippen LogP contribution is -2.21. The molecule has 0 saturated carbocycles. The number of carbonyl (C=O) groups is 1. The van der Waals surface area contributed by atoms with Crippen molar-refractivity contribution >= 4 is 22.6 Å². The Morgan fingerprint density at radius 2 is 2.24 bits per heavy atom. The molecule has 0 amide bonds. The van der Waals surface area contributed by atoms with Crippen LogP contribution in [0.2, 0.25) is 0 Å². The average molecular weight is 232 g/mol. The fourth-order valence-electron chi connectivity index (χ4n) is 1.86. The summed E-state index contributed by atoms with van der Waals surface area (Å²) in [5.74, 6) is -1.09. The van der Waals surface area contributed by atoms with Gasteiger partial charge in [-0.2, -0.15) is 0 Å². The van der Waals surface area contributed by atoms with E-state index in [4.69, 9.17) is 5.11 Å². The molecule has 0 aliphatic heterocycles. The van der Waals surface area contributed by atoms with Crippen LogP contribution in [0, 0.1) is 5.92 Å². The van der Waals surface area contributed by atoms with Gasteiger partial charge >= 0.3 is 5.97 Å². The highest BCUT2D eigenvalue weighted by atomic mass is 16.4. The molecule has 17 heavy (non-hydrogen) atoms. The normalized spacial score (nSPS) is 12.5. The second-order valence-electron chi connectivity index (χ2n) is 4.07. The van der Waals surface area contributed by atoms with Crippen LogP contribution in [0.1, 0.15) is 13.3 Å². The number of rotatable bonds is 5. The van der Waals surface area contributed by atoms with Crippen molar-refractivity contribution in [2.45, 2.75) is 13.3 Å². The van der Waals surface area contributed by atoms with Crippen LogP contribution in [0.4, 0.5) is 5.69 Å². The molecule has 0 fully saturated rings. The molecule has 4 nitrogen and oxygen atoms in total. The maximum Gasteiger partial charge on any atom is 0.308 e. The van der Waals surface area contributed by atoms with Gasteiger partial charge < -0.3 is 15.4 Å². The first-order chi connectivity index (χ1) is 8.22. The summed E-state index contributed by atoms with van der Waals surface area (Å²) in [7, 11) is 0. The molecule has 90 valence electrons. The van der Waals surface area contributed by atoms with Crippen molar-refractivity contribution in [1.82, 2.24) is 4.98 Å². The summed E-state index contributed by atoms with van der Waals surface area (Å²) < 4.78 is 0. The zero-order valence-electron chi connectivity index (χ0n) is 9.73. The van der Waals surface area contributed by atoms with Crippen LogP contribution in [0.25, 0.3) is 10.9 Å². The van der Waals surface area contributed by atoms with Gasteiger partial charge in [-0.3, -0.25) is 4.79 Å². The zero-order valence-corrected chi connectivity index (χ0v) is 9.73. The molecule has 2 rings (SSSR count).